The number of amides is 2. The number of benzene rings is 1. The first-order valence-electron chi connectivity index (χ1n) is 8.46. The third-order valence-corrected chi connectivity index (χ3v) is 4.33. The van der Waals surface area contributed by atoms with Crippen molar-refractivity contribution in [2.24, 2.45) is 0 Å². The Hall–Kier alpha value is -3.04. The van der Waals surface area contributed by atoms with E-state index < -0.39 is 17.7 Å². The lowest BCUT2D eigenvalue weighted by Crippen LogP contribution is -2.35. The second-order valence-corrected chi connectivity index (χ2v) is 6.24. The number of hydrazine groups is 1. The van der Waals surface area contributed by atoms with Crippen molar-refractivity contribution >= 4 is 23.4 Å². The van der Waals surface area contributed by atoms with Crippen LogP contribution >= 0.6 is 11.6 Å². The monoisotopic (exact) mass is 383 g/mol. The maximum atomic E-state index is 12.9. The summed E-state index contributed by atoms with van der Waals surface area (Å²) in [5.74, 6) is 4.16. The number of ether oxygens (including phenoxy) is 1. The molecule has 0 aliphatic carbocycles. The molecule has 1 atom stereocenters. The molecule has 3 rings (SSSR count). The number of carbonyl (C=O) groups is 2. The maximum Gasteiger partial charge on any atom is 0.258 e. The molecule has 1 unspecified atom stereocenters. The Kier molecular flexibility index (Phi) is 5.63. The Morgan fingerprint density at radius 3 is 2.81 bits per heavy atom. The summed E-state index contributed by atoms with van der Waals surface area (Å²) in [6.07, 6.45) is 1.63. The maximum absolute atomic E-state index is 12.9. The summed E-state index contributed by atoms with van der Waals surface area (Å²) >= 11 is 6.41. The lowest BCUT2D eigenvalue weighted by Gasteiger charge is -2.17. The van der Waals surface area contributed by atoms with Gasteiger partial charge in [-0.1, -0.05) is 23.6 Å². The largest absolute Gasteiger partial charge is 0.493 e. The highest BCUT2D eigenvalue weighted by molar-refractivity contribution is 6.32. The fourth-order valence-corrected chi connectivity index (χ4v) is 3.23. The second-order valence-electron chi connectivity index (χ2n) is 5.83. The van der Waals surface area contributed by atoms with E-state index in [0.717, 1.165) is 0 Å². The zero-order valence-corrected chi connectivity index (χ0v) is 15.7. The fraction of sp³-hybridized carbons (Fsp3) is 0.250. The molecule has 1 fully saturated rings. The minimum absolute atomic E-state index is 0.170. The van der Waals surface area contributed by atoms with Crippen LogP contribution in [-0.4, -0.2) is 28.4 Å². The molecule has 0 saturated carbocycles. The van der Waals surface area contributed by atoms with Crippen molar-refractivity contribution in [2.45, 2.75) is 26.3 Å². The predicted octanol–water partition coefficient (Wildman–Crippen LogP) is 2.66. The molecule has 1 aromatic heterocycles. The molecular weight excluding hydrogens is 366 g/mol. The topological polar surface area (TPSA) is 71.5 Å². The molecule has 2 aromatic rings. The first kappa shape index (κ1) is 18.7. The van der Waals surface area contributed by atoms with Gasteiger partial charge in [-0.05, 0) is 38.1 Å². The minimum atomic E-state index is -1.08. The summed E-state index contributed by atoms with van der Waals surface area (Å²) in [4.78, 5) is 29.7. The third-order valence-electron chi connectivity index (χ3n) is 4.02. The Morgan fingerprint density at radius 2 is 2.15 bits per heavy atom. The van der Waals surface area contributed by atoms with Crippen LogP contribution in [0.1, 0.15) is 36.6 Å². The van der Waals surface area contributed by atoms with E-state index in [1.54, 1.807) is 37.4 Å². The summed E-state index contributed by atoms with van der Waals surface area (Å²) in [6.45, 7) is 4.07. The van der Waals surface area contributed by atoms with Crippen LogP contribution in [0.3, 0.4) is 0 Å². The number of rotatable bonds is 5. The van der Waals surface area contributed by atoms with Gasteiger partial charge in [0, 0.05) is 17.3 Å². The molecule has 1 aromatic carbocycles. The number of pyridine rings is 1. The number of nitrogens with one attached hydrogen (secondary N) is 1. The van der Waals surface area contributed by atoms with Gasteiger partial charge < -0.3 is 4.74 Å². The van der Waals surface area contributed by atoms with Crippen LogP contribution in [0.15, 0.2) is 36.5 Å². The molecule has 1 aliphatic heterocycles. The Bertz CT molecular complexity index is 935. The van der Waals surface area contributed by atoms with E-state index in [4.69, 9.17) is 16.3 Å². The summed E-state index contributed by atoms with van der Waals surface area (Å²) < 4.78 is 5.65. The van der Waals surface area contributed by atoms with Crippen molar-refractivity contribution in [3.05, 3.63) is 58.4 Å². The molecule has 1 saturated heterocycles. The Labute approximate surface area is 162 Å². The molecular formula is C20H18ClN3O3. The molecule has 2 amide bonds. The van der Waals surface area contributed by atoms with Gasteiger partial charge in [-0.3, -0.25) is 20.0 Å². The molecule has 1 aliphatic rings. The van der Waals surface area contributed by atoms with Gasteiger partial charge in [0.2, 0.25) is 0 Å². The van der Waals surface area contributed by atoms with E-state index in [9.17, 15) is 9.59 Å². The lowest BCUT2D eigenvalue weighted by molar-refractivity contribution is -0.131. The number of carbonyl (C=O) groups excluding carboxylic acids is 2. The number of halogens is 1. The molecule has 0 radical (unpaired) electrons. The van der Waals surface area contributed by atoms with E-state index in [0.29, 0.717) is 29.2 Å². The Morgan fingerprint density at radius 1 is 1.33 bits per heavy atom. The smallest absolute Gasteiger partial charge is 0.258 e. The average Bonchev–Trinajstić information content (AvgIpc) is 2.90. The zero-order valence-electron chi connectivity index (χ0n) is 15.0. The van der Waals surface area contributed by atoms with Crippen LogP contribution < -0.4 is 10.2 Å². The van der Waals surface area contributed by atoms with Crippen LogP contribution in [0.2, 0.25) is 5.02 Å². The molecule has 1 N–H and O–H groups in total. The van der Waals surface area contributed by atoms with Crippen molar-refractivity contribution in [3.8, 4) is 17.6 Å². The van der Waals surface area contributed by atoms with Gasteiger partial charge in [-0.25, -0.2) is 5.01 Å². The van der Waals surface area contributed by atoms with Gasteiger partial charge in [-0.2, -0.15) is 0 Å². The van der Waals surface area contributed by atoms with Gasteiger partial charge in [0.1, 0.15) is 5.75 Å². The molecule has 0 bridgehead atoms. The standard InChI is InChI=1S/C20H18ClN3O3/c1-3-7-13-10-15(21)17(16(11-13)27-4-2)18-19(25)23-24(20(18)26)12-14-8-5-6-9-22-14/h5-6,8-11,18H,4,12H2,1-2H3,(H,23,25). The molecule has 6 nitrogen and oxygen atoms in total. The van der Waals surface area contributed by atoms with Gasteiger partial charge in [-0.15, -0.1) is 5.92 Å². The Balaban J connectivity index is 1.96. The van der Waals surface area contributed by atoms with Crippen molar-refractivity contribution in [1.29, 1.82) is 0 Å². The highest BCUT2D eigenvalue weighted by Gasteiger charge is 2.43. The second kappa shape index (κ2) is 8.11. The van der Waals surface area contributed by atoms with Crippen molar-refractivity contribution in [3.63, 3.8) is 0 Å². The third kappa shape index (κ3) is 3.88. The van der Waals surface area contributed by atoms with Crippen LogP contribution in [0, 0.1) is 11.8 Å². The average molecular weight is 384 g/mol. The highest BCUT2D eigenvalue weighted by Crippen LogP contribution is 2.38. The summed E-state index contributed by atoms with van der Waals surface area (Å²) in [5.41, 5.74) is 4.27. The first-order chi connectivity index (χ1) is 13.0. The van der Waals surface area contributed by atoms with Crippen molar-refractivity contribution in [1.82, 2.24) is 15.4 Å². The predicted molar refractivity (Wildman–Crippen MR) is 101 cm³/mol. The molecule has 138 valence electrons. The summed E-state index contributed by atoms with van der Waals surface area (Å²) in [5, 5.41) is 1.52. The summed E-state index contributed by atoms with van der Waals surface area (Å²) in [7, 11) is 0. The van der Waals surface area contributed by atoms with Crippen molar-refractivity contribution in [2.75, 3.05) is 6.61 Å². The number of hydrogen-bond acceptors (Lipinski definition) is 4. The minimum Gasteiger partial charge on any atom is -0.493 e. The normalized spacial score (nSPS) is 16.0. The summed E-state index contributed by atoms with van der Waals surface area (Å²) in [6, 6.07) is 8.72. The molecule has 27 heavy (non-hydrogen) atoms. The van der Waals surface area contributed by atoms with Crippen LogP contribution in [0.4, 0.5) is 0 Å². The van der Waals surface area contributed by atoms with E-state index in [1.165, 1.54) is 5.01 Å². The van der Waals surface area contributed by atoms with Crippen molar-refractivity contribution < 1.29 is 14.3 Å². The number of aromatic nitrogens is 1. The van der Waals surface area contributed by atoms with Gasteiger partial charge in [0.15, 0.2) is 5.92 Å². The van der Waals surface area contributed by atoms with E-state index in [1.807, 2.05) is 13.0 Å². The van der Waals surface area contributed by atoms with Gasteiger partial charge in [0.25, 0.3) is 11.8 Å². The van der Waals surface area contributed by atoms with Crippen LogP contribution in [-0.2, 0) is 16.1 Å². The van der Waals surface area contributed by atoms with Crippen LogP contribution in [0.25, 0.3) is 0 Å². The van der Waals surface area contributed by atoms with Crippen LogP contribution in [0.5, 0.6) is 5.75 Å². The molecule has 7 heteroatoms. The number of nitrogens with zero attached hydrogens (tertiary/aromatic N) is 2. The molecule has 0 spiro atoms. The van der Waals surface area contributed by atoms with Gasteiger partial charge in [0.05, 0.1) is 23.9 Å². The quantitative estimate of drug-likeness (QED) is 0.636. The SMILES string of the molecule is CC#Cc1cc(Cl)c(C2C(=O)NN(Cc3ccccn3)C2=O)c(OCC)c1. The fourth-order valence-electron chi connectivity index (χ4n) is 2.91. The van der Waals surface area contributed by atoms with E-state index in [2.05, 4.69) is 22.3 Å². The van der Waals surface area contributed by atoms with E-state index >= 15 is 0 Å². The lowest BCUT2D eigenvalue weighted by atomic mass is 9.96. The van der Waals surface area contributed by atoms with E-state index in [-0.39, 0.29) is 11.6 Å². The highest BCUT2D eigenvalue weighted by atomic mass is 35.5. The first-order valence-corrected chi connectivity index (χ1v) is 8.83. The molecule has 2 heterocycles. The number of hydrogen-bond donors (Lipinski definition) is 1. The zero-order chi connectivity index (χ0) is 19.4. The van der Waals surface area contributed by atoms with Gasteiger partial charge >= 0.3 is 0 Å².